The summed E-state index contributed by atoms with van der Waals surface area (Å²) in [5.74, 6) is 0.733. The van der Waals surface area contributed by atoms with E-state index >= 15 is 0 Å². The van der Waals surface area contributed by atoms with Gasteiger partial charge in [0, 0.05) is 24.8 Å². The SMILES string of the molecule is CC(C)Cc1cc[c]c(N2CCCCC2)c1. The number of piperidine rings is 1. The highest BCUT2D eigenvalue weighted by atomic mass is 15.1. The Labute approximate surface area is 99.5 Å². The molecular weight excluding hydrogens is 194 g/mol. The maximum absolute atomic E-state index is 3.38. The third-order valence-corrected chi connectivity index (χ3v) is 3.19. The van der Waals surface area contributed by atoms with Gasteiger partial charge in [0.25, 0.3) is 0 Å². The van der Waals surface area contributed by atoms with Gasteiger partial charge in [0.15, 0.2) is 0 Å². The smallest absolute Gasteiger partial charge is 0.0449 e. The largest absolute Gasteiger partial charge is 0.371 e. The fraction of sp³-hybridized carbons (Fsp3) is 0.600. The molecule has 1 heteroatoms. The Kier molecular flexibility index (Phi) is 3.87. The summed E-state index contributed by atoms with van der Waals surface area (Å²) in [5, 5.41) is 0. The summed E-state index contributed by atoms with van der Waals surface area (Å²) < 4.78 is 0. The summed E-state index contributed by atoms with van der Waals surface area (Å²) in [6.45, 7) is 6.97. The number of rotatable bonds is 3. The first kappa shape index (κ1) is 11.5. The third-order valence-electron chi connectivity index (χ3n) is 3.19. The van der Waals surface area contributed by atoms with Crippen LogP contribution >= 0.6 is 0 Å². The second kappa shape index (κ2) is 5.38. The average Bonchev–Trinajstić information content (AvgIpc) is 2.30. The minimum absolute atomic E-state index is 0.733. The Hall–Kier alpha value is -0.980. The lowest BCUT2D eigenvalue weighted by Gasteiger charge is -2.29. The summed E-state index contributed by atoms with van der Waals surface area (Å²) in [6, 6.07) is 9.99. The van der Waals surface area contributed by atoms with Crippen LogP contribution in [0.1, 0.15) is 38.7 Å². The van der Waals surface area contributed by atoms with Crippen LogP contribution in [0.3, 0.4) is 0 Å². The van der Waals surface area contributed by atoms with E-state index in [4.69, 9.17) is 0 Å². The minimum atomic E-state index is 0.733. The highest BCUT2D eigenvalue weighted by molar-refractivity contribution is 5.47. The van der Waals surface area contributed by atoms with Crippen molar-refractivity contribution in [1.29, 1.82) is 0 Å². The molecule has 1 fully saturated rings. The molecule has 1 saturated heterocycles. The van der Waals surface area contributed by atoms with Crippen LogP contribution < -0.4 is 4.90 Å². The summed E-state index contributed by atoms with van der Waals surface area (Å²) in [4.78, 5) is 2.48. The Balaban J connectivity index is 2.08. The summed E-state index contributed by atoms with van der Waals surface area (Å²) in [6.07, 6.45) is 5.24. The molecule has 0 N–H and O–H groups in total. The van der Waals surface area contributed by atoms with E-state index in [9.17, 15) is 0 Å². The molecule has 0 saturated carbocycles. The zero-order valence-corrected chi connectivity index (χ0v) is 10.5. The van der Waals surface area contributed by atoms with Gasteiger partial charge in [-0.3, -0.25) is 0 Å². The second-order valence-corrected chi connectivity index (χ2v) is 5.23. The van der Waals surface area contributed by atoms with Crippen LogP contribution in [0, 0.1) is 12.0 Å². The highest BCUT2D eigenvalue weighted by Crippen LogP contribution is 2.21. The van der Waals surface area contributed by atoms with Gasteiger partial charge in [-0.1, -0.05) is 26.0 Å². The molecule has 0 unspecified atom stereocenters. The Morgan fingerprint density at radius 2 is 2.00 bits per heavy atom. The van der Waals surface area contributed by atoms with Crippen LogP contribution in [0.25, 0.3) is 0 Å². The van der Waals surface area contributed by atoms with E-state index in [0.717, 1.165) is 5.92 Å². The Bertz CT molecular complexity index is 324. The van der Waals surface area contributed by atoms with Crippen molar-refractivity contribution in [2.75, 3.05) is 18.0 Å². The van der Waals surface area contributed by atoms with E-state index in [-0.39, 0.29) is 0 Å². The van der Waals surface area contributed by atoms with Gasteiger partial charge in [-0.15, -0.1) is 0 Å². The molecule has 0 bridgehead atoms. The van der Waals surface area contributed by atoms with E-state index in [1.165, 1.54) is 50.0 Å². The lowest BCUT2D eigenvalue weighted by Crippen LogP contribution is -2.29. The van der Waals surface area contributed by atoms with Crippen LogP contribution in [0.2, 0.25) is 0 Å². The quantitative estimate of drug-likeness (QED) is 0.745. The molecule has 1 nitrogen and oxygen atoms in total. The molecule has 1 heterocycles. The van der Waals surface area contributed by atoms with Crippen LogP contribution in [-0.4, -0.2) is 13.1 Å². The lowest BCUT2D eigenvalue weighted by atomic mass is 10.0. The standard InChI is InChI=1S/C15H22N/c1-13(2)11-14-7-6-8-15(12-14)16-9-4-3-5-10-16/h6-7,12-13H,3-5,9-11H2,1-2H3. The first-order valence-corrected chi connectivity index (χ1v) is 6.51. The van der Waals surface area contributed by atoms with Crippen molar-refractivity contribution in [2.24, 2.45) is 5.92 Å². The van der Waals surface area contributed by atoms with Crippen molar-refractivity contribution in [3.05, 3.63) is 29.8 Å². The Morgan fingerprint density at radius 1 is 1.25 bits per heavy atom. The van der Waals surface area contributed by atoms with Gasteiger partial charge in [0.05, 0.1) is 0 Å². The van der Waals surface area contributed by atoms with Crippen LogP contribution in [0.5, 0.6) is 0 Å². The first-order valence-electron chi connectivity index (χ1n) is 6.51. The van der Waals surface area contributed by atoms with Crippen LogP contribution in [-0.2, 0) is 6.42 Å². The van der Waals surface area contributed by atoms with E-state index in [0.29, 0.717) is 0 Å². The van der Waals surface area contributed by atoms with Crippen LogP contribution in [0.4, 0.5) is 5.69 Å². The van der Waals surface area contributed by atoms with Crippen molar-refractivity contribution in [2.45, 2.75) is 39.5 Å². The molecule has 0 atom stereocenters. The van der Waals surface area contributed by atoms with Crippen molar-refractivity contribution in [1.82, 2.24) is 0 Å². The maximum atomic E-state index is 3.38. The molecule has 16 heavy (non-hydrogen) atoms. The summed E-state index contributed by atoms with van der Waals surface area (Å²) >= 11 is 0. The predicted molar refractivity (Wildman–Crippen MR) is 69.9 cm³/mol. The molecule has 1 aliphatic heterocycles. The fourth-order valence-electron chi connectivity index (χ4n) is 2.42. The molecule has 0 spiro atoms. The van der Waals surface area contributed by atoms with Crippen molar-refractivity contribution in [3.8, 4) is 0 Å². The number of anilines is 1. The molecule has 1 radical (unpaired) electrons. The normalized spacial score (nSPS) is 16.8. The second-order valence-electron chi connectivity index (χ2n) is 5.23. The van der Waals surface area contributed by atoms with Gasteiger partial charge < -0.3 is 4.90 Å². The third kappa shape index (κ3) is 3.01. The molecule has 1 aliphatic rings. The fourth-order valence-corrected chi connectivity index (χ4v) is 2.42. The monoisotopic (exact) mass is 216 g/mol. The number of hydrogen-bond acceptors (Lipinski definition) is 1. The number of nitrogens with zero attached hydrogens (tertiary/aromatic N) is 1. The van der Waals surface area contributed by atoms with E-state index < -0.39 is 0 Å². The topological polar surface area (TPSA) is 3.24 Å². The predicted octanol–water partition coefficient (Wildman–Crippen LogP) is 3.68. The molecule has 1 aromatic carbocycles. The molecular formula is C15H22N. The highest BCUT2D eigenvalue weighted by Gasteiger charge is 2.11. The summed E-state index contributed by atoms with van der Waals surface area (Å²) in [7, 11) is 0. The lowest BCUT2D eigenvalue weighted by molar-refractivity contribution is 0.577. The van der Waals surface area contributed by atoms with Crippen LogP contribution in [0.15, 0.2) is 18.2 Å². The molecule has 1 aromatic rings. The van der Waals surface area contributed by atoms with Crippen molar-refractivity contribution in [3.63, 3.8) is 0 Å². The molecule has 0 aliphatic carbocycles. The van der Waals surface area contributed by atoms with Crippen molar-refractivity contribution >= 4 is 5.69 Å². The van der Waals surface area contributed by atoms with Gasteiger partial charge in [-0.05, 0) is 43.2 Å². The minimum Gasteiger partial charge on any atom is -0.371 e. The van der Waals surface area contributed by atoms with E-state index in [2.05, 4.69) is 43.0 Å². The van der Waals surface area contributed by atoms with Gasteiger partial charge in [-0.2, -0.15) is 0 Å². The zero-order chi connectivity index (χ0) is 11.4. The van der Waals surface area contributed by atoms with E-state index in [1.54, 1.807) is 0 Å². The maximum Gasteiger partial charge on any atom is 0.0449 e. The number of benzene rings is 1. The van der Waals surface area contributed by atoms with Gasteiger partial charge >= 0.3 is 0 Å². The zero-order valence-electron chi connectivity index (χ0n) is 10.5. The average molecular weight is 216 g/mol. The summed E-state index contributed by atoms with van der Waals surface area (Å²) in [5.41, 5.74) is 2.76. The first-order chi connectivity index (χ1) is 7.75. The number of hydrogen-bond donors (Lipinski definition) is 0. The Morgan fingerprint density at radius 3 is 2.69 bits per heavy atom. The van der Waals surface area contributed by atoms with E-state index in [1.807, 2.05) is 0 Å². The molecule has 0 aromatic heterocycles. The molecule has 87 valence electrons. The van der Waals surface area contributed by atoms with Gasteiger partial charge in [0.2, 0.25) is 0 Å². The van der Waals surface area contributed by atoms with Gasteiger partial charge in [-0.25, -0.2) is 0 Å². The van der Waals surface area contributed by atoms with Crippen molar-refractivity contribution < 1.29 is 0 Å². The molecule has 0 amide bonds. The molecule has 2 rings (SSSR count). The van der Waals surface area contributed by atoms with Gasteiger partial charge in [0.1, 0.15) is 0 Å².